The van der Waals surface area contributed by atoms with E-state index in [1.807, 2.05) is 0 Å². The van der Waals surface area contributed by atoms with Gasteiger partial charge >= 0.3 is 0 Å². The van der Waals surface area contributed by atoms with Gasteiger partial charge in [-0.25, -0.2) is 0 Å². The van der Waals surface area contributed by atoms with Gasteiger partial charge in [0.25, 0.3) is 0 Å². The summed E-state index contributed by atoms with van der Waals surface area (Å²) in [6.45, 7) is 0.615. The molecule has 7 heteroatoms. The number of carbonyl (C=O) groups is 1. The van der Waals surface area contributed by atoms with Gasteiger partial charge in [0.1, 0.15) is 0 Å². The van der Waals surface area contributed by atoms with Crippen LogP contribution in [-0.4, -0.2) is 17.4 Å². The predicted molar refractivity (Wildman–Crippen MR) is 80.4 cm³/mol. The predicted octanol–water partition coefficient (Wildman–Crippen LogP) is 2.69. The Hall–Kier alpha value is -1.10. The molecule has 2 heterocycles. The van der Waals surface area contributed by atoms with Crippen LogP contribution >= 0.6 is 35.6 Å². The average molecular weight is 321 g/mol. The first-order chi connectivity index (χ1) is 8.58. The average Bonchev–Trinajstić information content (AvgIpc) is 2.56. The molecule has 1 aromatic carbocycles. The maximum absolute atomic E-state index is 11.6. The van der Waals surface area contributed by atoms with Crippen molar-refractivity contribution in [2.75, 3.05) is 12.3 Å². The van der Waals surface area contributed by atoms with Gasteiger partial charge in [0, 0.05) is 29.7 Å². The van der Waals surface area contributed by atoms with Gasteiger partial charge in [-0.2, -0.15) is 0 Å². The molecule has 4 N–H and O–H groups in total. The number of aromatic amines is 1. The Kier molecular flexibility index (Phi) is 3.85. The second-order valence-corrected chi connectivity index (χ2v) is 5.16. The first-order valence-electron chi connectivity index (χ1n) is 5.61. The number of nitrogen functional groups attached to an aromatic ring is 1. The number of hydrogen-bond donors (Lipinski definition) is 3. The van der Waals surface area contributed by atoms with Gasteiger partial charge in [-0.05, 0) is 11.6 Å². The summed E-state index contributed by atoms with van der Waals surface area (Å²) in [6.07, 6.45) is 1.06. The quantitative estimate of drug-likeness (QED) is 0.653. The second-order valence-electron chi connectivity index (χ2n) is 4.37. The Morgan fingerprint density at radius 3 is 2.79 bits per heavy atom. The number of aromatic nitrogens is 1. The third-order valence-corrected chi connectivity index (χ3v) is 4.01. The zero-order valence-corrected chi connectivity index (χ0v) is 12.2. The van der Waals surface area contributed by atoms with Crippen molar-refractivity contribution in [3.8, 4) is 0 Å². The Labute approximate surface area is 126 Å². The number of nitrogens with one attached hydrogen (secondary N) is 2. The summed E-state index contributed by atoms with van der Waals surface area (Å²) >= 11 is 12.2. The number of anilines is 1. The van der Waals surface area contributed by atoms with Crippen LogP contribution < -0.4 is 11.1 Å². The van der Waals surface area contributed by atoms with Crippen molar-refractivity contribution in [3.63, 3.8) is 0 Å². The van der Waals surface area contributed by atoms with E-state index in [-0.39, 0.29) is 18.3 Å². The minimum Gasteiger partial charge on any atom is -0.398 e. The monoisotopic (exact) mass is 319 g/mol. The summed E-state index contributed by atoms with van der Waals surface area (Å²) in [5.74, 6) is 0.000113. The van der Waals surface area contributed by atoms with Crippen LogP contribution in [0, 0.1) is 0 Å². The van der Waals surface area contributed by atoms with E-state index in [2.05, 4.69) is 10.3 Å². The lowest BCUT2D eigenvalue weighted by atomic mass is 10.1. The number of fused-ring (bicyclic) bond motifs is 3. The minimum atomic E-state index is 0. The molecule has 0 saturated heterocycles. The molecule has 0 atom stereocenters. The molecule has 3 rings (SSSR count). The molecule has 1 amide bonds. The molecule has 0 bridgehead atoms. The molecule has 1 aromatic heterocycles. The number of benzene rings is 1. The Balaban J connectivity index is 0.00000133. The molecule has 0 fully saturated rings. The zero-order chi connectivity index (χ0) is 12.9. The van der Waals surface area contributed by atoms with Crippen LogP contribution in [0.2, 0.25) is 10.0 Å². The number of halogens is 3. The maximum atomic E-state index is 11.6. The highest BCUT2D eigenvalue weighted by Crippen LogP contribution is 2.38. The highest BCUT2D eigenvalue weighted by Gasteiger charge is 2.21. The summed E-state index contributed by atoms with van der Waals surface area (Å²) in [5, 5.41) is 4.52. The molecule has 0 unspecified atom stereocenters. The smallest absolute Gasteiger partial charge is 0.224 e. The Morgan fingerprint density at radius 1 is 1.32 bits per heavy atom. The van der Waals surface area contributed by atoms with Crippen molar-refractivity contribution < 1.29 is 4.79 Å². The Morgan fingerprint density at radius 2 is 2.05 bits per heavy atom. The van der Waals surface area contributed by atoms with Crippen molar-refractivity contribution in [1.29, 1.82) is 0 Å². The van der Waals surface area contributed by atoms with E-state index in [9.17, 15) is 4.79 Å². The molecule has 0 aliphatic carbocycles. The van der Waals surface area contributed by atoms with E-state index < -0.39 is 0 Å². The van der Waals surface area contributed by atoms with Crippen molar-refractivity contribution in [2.45, 2.75) is 12.8 Å². The second kappa shape index (κ2) is 5.12. The van der Waals surface area contributed by atoms with Gasteiger partial charge in [-0.15, -0.1) is 12.4 Å². The normalized spacial score (nSPS) is 14.5. The number of carbonyl (C=O) groups excluding carboxylic acids is 1. The largest absolute Gasteiger partial charge is 0.398 e. The van der Waals surface area contributed by atoms with Crippen LogP contribution in [0.25, 0.3) is 10.9 Å². The fraction of sp³-hybridized carbons (Fsp3) is 0.250. The molecular formula is C12H12Cl3N3O. The van der Waals surface area contributed by atoms with Gasteiger partial charge < -0.3 is 16.0 Å². The molecule has 1 aliphatic rings. The topological polar surface area (TPSA) is 70.9 Å². The highest BCUT2D eigenvalue weighted by molar-refractivity contribution is 6.45. The van der Waals surface area contributed by atoms with Crippen molar-refractivity contribution in [3.05, 3.63) is 27.4 Å². The Bertz CT molecular complexity index is 666. The van der Waals surface area contributed by atoms with Crippen molar-refractivity contribution >= 4 is 58.1 Å². The lowest BCUT2D eigenvalue weighted by Gasteiger charge is -2.04. The van der Waals surface area contributed by atoms with Crippen LogP contribution in [-0.2, 0) is 17.6 Å². The van der Waals surface area contributed by atoms with E-state index >= 15 is 0 Å². The van der Waals surface area contributed by atoms with E-state index in [1.165, 1.54) is 0 Å². The van der Waals surface area contributed by atoms with E-state index in [0.717, 1.165) is 28.6 Å². The van der Waals surface area contributed by atoms with Crippen LogP contribution in [0.4, 0.5) is 5.69 Å². The molecule has 102 valence electrons. The molecule has 4 nitrogen and oxygen atoms in total. The summed E-state index contributed by atoms with van der Waals surface area (Å²) in [7, 11) is 0. The zero-order valence-electron chi connectivity index (χ0n) is 9.85. The van der Waals surface area contributed by atoms with E-state index in [4.69, 9.17) is 28.9 Å². The third kappa shape index (κ3) is 2.24. The fourth-order valence-corrected chi connectivity index (χ4v) is 2.83. The molecule has 1 aliphatic heterocycles. The van der Waals surface area contributed by atoms with Gasteiger partial charge in [0.2, 0.25) is 5.91 Å². The standard InChI is InChI=1S/C12H11Cl2N3O.ClH/c13-6-4-7(15)10-5-3-9(18)16-2-1-8(5)17-12(10)11(6)14;/h4,17H,1-3,15H2,(H,16,18);1H. The molecule has 0 radical (unpaired) electrons. The van der Waals surface area contributed by atoms with Crippen molar-refractivity contribution in [2.24, 2.45) is 0 Å². The van der Waals surface area contributed by atoms with E-state index in [0.29, 0.717) is 28.7 Å². The van der Waals surface area contributed by atoms with Gasteiger partial charge in [0.05, 0.1) is 22.0 Å². The summed E-state index contributed by atoms with van der Waals surface area (Å²) in [4.78, 5) is 14.9. The van der Waals surface area contributed by atoms with Crippen LogP contribution in [0.15, 0.2) is 6.07 Å². The molecule has 19 heavy (non-hydrogen) atoms. The van der Waals surface area contributed by atoms with E-state index in [1.54, 1.807) is 6.07 Å². The van der Waals surface area contributed by atoms with Crippen molar-refractivity contribution in [1.82, 2.24) is 10.3 Å². The molecule has 0 spiro atoms. The first kappa shape index (κ1) is 14.3. The number of H-pyrrole nitrogens is 1. The lowest BCUT2D eigenvalue weighted by Crippen LogP contribution is -2.24. The van der Waals surface area contributed by atoms with Gasteiger partial charge in [-0.1, -0.05) is 23.2 Å². The number of hydrogen-bond acceptors (Lipinski definition) is 2. The maximum Gasteiger partial charge on any atom is 0.224 e. The van der Waals surface area contributed by atoms with Crippen LogP contribution in [0.3, 0.4) is 0 Å². The summed E-state index contributed by atoms with van der Waals surface area (Å²) in [5.41, 5.74) is 9.19. The number of amides is 1. The summed E-state index contributed by atoms with van der Waals surface area (Å²) < 4.78 is 0. The SMILES string of the molecule is Cl.Nc1cc(Cl)c(Cl)c2[nH]c3c(c12)CC(=O)NCC3. The molecule has 0 saturated carbocycles. The highest BCUT2D eigenvalue weighted by atomic mass is 35.5. The van der Waals surface area contributed by atoms with Gasteiger partial charge in [-0.3, -0.25) is 4.79 Å². The number of nitrogens with two attached hydrogens (primary N) is 1. The third-order valence-electron chi connectivity index (χ3n) is 3.23. The van der Waals surface area contributed by atoms with Crippen LogP contribution in [0.5, 0.6) is 0 Å². The van der Waals surface area contributed by atoms with Crippen LogP contribution in [0.1, 0.15) is 11.3 Å². The first-order valence-corrected chi connectivity index (χ1v) is 6.37. The fourth-order valence-electron chi connectivity index (χ4n) is 2.42. The minimum absolute atomic E-state index is 0. The lowest BCUT2D eigenvalue weighted by molar-refractivity contribution is -0.120. The number of rotatable bonds is 0. The molecular weight excluding hydrogens is 309 g/mol. The van der Waals surface area contributed by atoms with Gasteiger partial charge in [0.15, 0.2) is 0 Å². The molecule has 2 aromatic rings. The summed E-state index contributed by atoms with van der Waals surface area (Å²) in [6, 6.07) is 1.63.